The summed E-state index contributed by atoms with van der Waals surface area (Å²) in [6, 6.07) is 6.36. The van der Waals surface area contributed by atoms with Crippen LogP contribution in [0.4, 0.5) is 0 Å². The zero-order valence-electron chi connectivity index (χ0n) is 10.8. The second kappa shape index (κ2) is 5.04. The Kier molecular flexibility index (Phi) is 3.42. The highest BCUT2D eigenvalue weighted by Gasteiger charge is 2.16. The molecular formula is C15H19BrN2. The summed E-state index contributed by atoms with van der Waals surface area (Å²) in [5.41, 5.74) is 2.39. The summed E-state index contributed by atoms with van der Waals surface area (Å²) < 4.78 is 3.54. The number of aryl methyl sites for hydroxylation is 1. The van der Waals surface area contributed by atoms with E-state index < -0.39 is 0 Å². The predicted molar refractivity (Wildman–Crippen MR) is 78.7 cm³/mol. The highest BCUT2D eigenvalue weighted by Crippen LogP contribution is 2.28. The molecule has 1 aliphatic rings. The Morgan fingerprint density at radius 3 is 2.83 bits per heavy atom. The van der Waals surface area contributed by atoms with Crippen molar-refractivity contribution in [3.05, 3.63) is 28.5 Å². The van der Waals surface area contributed by atoms with Crippen LogP contribution < -0.4 is 0 Å². The minimum Gasteiger partial charge on any atom is -0.328 e. The standard InChI is InChI=1S/C15H19BrN2/c1-11-17-14-8-7-13(16)9-15(14)18(11)10-12-5-3-2-4-6-12/h7-9,12H,2-6,10H2,1H3. The van der Waals surface area contributed by atoms with Crippen molar-refractivity contribution in [2.24, 2.45) is 5.92 Å². The van der Waals surface area contributed by atoms with Gasteiger partial charge in [0.05, 0.1) is 11.0 Å². The molecule has 18 heavy (non-hydrogen) atoms. The van der Waals surface area contributed by atoms with Crippen molar-refractivity contribution in [3.63, 3.8) is 0 Å². The molecule has 1 saturated carbocycles. The van der Waals surface area contributed by atoms with Gasteiger partial charge < -0.3 is 4.57 Å². The largest absolute Gasteiger partial charge is 0.328 e. The first-order valence-corrected chi connectivity index (χ1v) is 7.66. The SMILES string of the molecule is Cc1nc2ccc(Br)cc2n1CC1CCCCC1. The van der Waals surface area contributed by atoms with Crippen molar-refractivity contribution in [1.82, 2.24) is 9.55 Å². The van der Waals surface area contributed by atoms with Gasteiger partial charge in [-0.1, -0.05) is 35.2 Å². The van der Waals surface area contributed by atoms with Crippen molar-refractivity contribution >= 4 is 27.0 Å². The van der Waals surface area contributed by atoms with Crippen molar-refractivity contribution in [1.29, 1.82) is 0 Å². The Bertz CT molecular complexity index is 553. The molecule has 1 heterocycles. The van der Waals surface area contributed by atoms with E-state index in [0.717, 1.165) is 28.3 Å². The summed E-state index contributed by atoms with van der Waals surface area (Å²) in [7, 11) is 0. The summed E-state index contributed by atoms with van der Waals surface area (Å²) in [6.07, 6.45) is 6.99. The smallest absolute Gasteiger partial charge is 0.106 e. The van der Waals surface area contributed by atoms with Crippen LogP contribution in [0.5, 0.6) is 0 Å². The molecule has 2 aromatic rings. The Labute approximate surface area is 117 Å². The number of nitrogens with zero attached hydrogens (tertiary/aromatic N) is 2. The van der Waals surface area contributed by atoms with Gasteiger partial charge in [-0.25, -0.2) is 4.98 Å². The van der Waals surface area contributed by atoms with Crippen molar-refractivity contribution in [2.45, 2.75) is 45.6 Å². The van der Waals surface area contributed by atoms with Crippen LogP contribution in [-0.4, -0.2) is 9.55 Å². The lowest BCUT2D eigenvalue weighted by molar-refractivity contribution is 0.320. The first-order valence-electron chi connectivity index (χ1n) is 6.86. The minimum atomic E-state index is 0.842. The Morgan fingerprint density at radius 2 is 2.06 bits per heavy atom. The maximum Gasteiger partial charge on any atom is 0.106 e. The van der Waals surface area contributed by atoms with Gasteiger partial charge in [0, 0.05) is 11.0 Å². The lowest BCUT2D eigenvalue weighted by Gasteiger charge is -2.22. The zero-order valence-corrected chi connectivity index (χ0v) is 12.4. The Hall–Kier alpha value is -0.830. The molecule has 0 unspecified atom stereocenters. The van der Waals surface area contributed by atoms with Crippen LogP contribution in [0.3, 0.4) is 0 Å². The zero-order chi connectivity index (χ0) is 12.5. The summed E-state index contributed by atoms with van der Waals surface area (Å²) >= 11 is 3.56. The van der Waals surface area contributed by atoms with Crippen LogP contribution >= 0.6 is 15.9 Å². The molecule has 1 aromatic carbocycles. The van der Waals surface area contributed by atoms with Gasteiger partial charge in [-0.3, -0.25) is 0 Å². The van der Waals surface area contributed by atoms with Gasteiger partial charge >= 0.3 is 0 Å². The van der Waals surface area contributed by atoms with Gasteiger partial charge in [0.25, 0.3) is 0 Å². The highest BCUT2D eigenvalue weighted by molar-refractivity contribution is 9.10. The predicted octanol–water partition coefficient (Wildman–Crippen LogP) is 4.69. The highest BCUT2D eigenvalue weighted by atomic mass is 79.9. The number of hydrogen-bond acceptors (Lipinski definition) is 1. The molecule has 2 nitrogen and oxygen atoms in total. The summed E-state index contributed by atoms with van der Waals surface area (Å²) in [6.45, 7) is 3.26. The molecule has 1 aromatic heterocycles. The van der Waals surface area contributed by atoms with Crippen molar-refractivity contribution < 1.29 is 0 Å². The quantitative estimate of drug-likeness (QED) is 0.787. The fraction of sp³-hybridized carbons (Fsp3) is 0.533. The van der Waals surface area contributed by atoms with E-state index in [-0.39, 0.29) is 0 Å². The van der Waals surface area contributed by atoms with Gasteiger partial charge in [-0.2, -0.15) is 0 Å². The van der Waals surface area contributed by atoms with E-state index in [1.54, 1.807) is 0 Å². The molecule has 0 radical (unpaired) electrons. The fourth-order valence-corrected chi connectivity index (χ4v) is 3.42. The first-order chi connectivity index (χ1) is 8.74. The van der Waals surface area contributed by atoms with Gasteiger partial charge in [0.1, 0.15) is 5.82 Å². The van der Waals surface area contributed by atoms with Gasteiger partial charge in [-0.05, 0) is 43.9 Å². The topological polar surface area (TPSA) is 17.8 Å². The maximum atomic E-state index is 4.66. The minimum absolute atomic E-state index is 0.842. The van der Waals surface area contributed by atoms with E-state index in [4.69, 9.17) is 0 Å². The molecule has 0 bridgehead atoms. The third kappa shape index (κ3) is 2.33. The van der Waals surface area contributed by atoms with Crippen LogP contribution in [0, 0.1) is 12.8 Å². The molecule has 0 N–H and O–H groups in total. The number of rotatable bonds is 2. The molecule has 1 fully saturated rings. The van der Waals surface area contributed by atoms with Gasteiger partial charge in [0.2, 0.25) is 0 Å². The van der Waals surface area contributed by atoms with Gasteiger partial charge in [-0.15, -0.1) is 0 Å². The number of halogens is 1. The summed E-state index contributed by atoms with van der Waals surface area (Å²) in [5, 5.41) is 0. The fourth-order valence-electron chi connectivity index (χ4n) is 3.07. The Morgan fingerprint density at radius 1 is 1.28 bits per heavy atom. The van der Waals surface area contributed by atoms with E-state index in [0.29, 0.717) is 0 Å². The molecule has 96 valence electrons. The van der Waals surface area contributed by atoms with Crippen LogP contribution in [0.1, 0.15) is 37.9 Å². The van der Waals surface area contributed by atoms with Crippen LogP contribution in [0.15, 0.2) is 22.7 Å². The lowest BCUT2D eigenvalue weighted by atomic mass is 9.89. The van der Waals surface area contributed by atoms with Crippen LogP contribution in [0.2, 0.25) is 0 Å². The number of imidazole rings is 1. The van der Waals surface area contributed by atoms with E-state index in [1.165, 1.54) is 37.6 Å². The second-order valence-electron chi connectivity index (χ2n) is 5.41. The number of benzene rings is 1. The van der Waals surface area contributed by atoms with Crippen LogP contribution in [0.25, 0.3) is 11.0 Å². The number of aromatic nitrogens is 2. The van der Waals surface area contributed by atoms with Crippen LogP contribution in [-0.2, 0) is 6.54 Å². The van der Waals surface area contributed by atoms with E-state index in [9.17, 15) is 0 Å². The molecule has 0 atom stereocenters. The summed E-state index contributed by atoms with van der Waals surface area (Å²) in [4.78, 5) is 4.66. The number of fused-ring (bicyclic) bond motifs is 1. The lowest BCUT2D eigenvalue weighted by Crippen LogP contribution is -2.15. The van der Waals surface area contributed by atoms with Crippen molar-refractivity contribution in [3.8, 4) is 0 Å². The molecule has 0 saturated heterocycles. The van der Waals surface area contributed by atoms with E-state index in [2.05, 4.69) is 50.6 Å². The molecular weight excluding hydrogens is 288 g/mol. The van der Waals surface area contributed by atoms with E-state index in [1.807, 2.05) is 0 Å². The third-order valence-corrected chi connectivity index (χ3v) is 4.56. The second-order valence-corrected chi connectivity index (χ2v) is 6.32. The molecule has 1 aliphatic carbocycles. The monoisotopic (exact) mass is 306 g/mol. The molecule has 0 amide bonds. The third-order valence-electron chi connectivity index (χ3n) is 4.07. The Balaban J connectivity index is 1.94. The average Bonchev–Trinajstić information content (AvgIpc) is 2.67. The summed E-state index contributed by atoms with van der Waals surface area (Å²) in [5.74, 6) is 1.99. The molecule has 0 aliphatic heterocycles. The number of hydrogen-bond donors (Lipinski definition) is 0. The first kappa shape index (κ1) is 12.2. The van der Waals surface area contributed by atoms with E-state index >= 15 is 0 Å². The molecule has 3 heteroatoms. The molecule has 0 spiro atoms. The average molecular weight is 307 g/mol. The molecule has 3 rings (SSSR count). The normalized spacial score (nSPS) is 17.4. The van der Waals surface area contributed by atoms with Gasteiger partial charge in [0.15, 0.2) is 0 Å². The maximum absolute atomic E-state index is 4.66. The van der Waals surface area contributed by atoms with Crippen molar-refractivity contribution in [2.75, 3.05) is 0 Å².